The maximum absolute atomic E-state index is 11.5. The molecule has 0 saturated heterocycles. The van der Waals surface area contributed by atoms with Crippen LogP contribution in [0.25, 0.3) is 0 Å². The van der Waals surface area contributed by atoms with Gasteiger partial charge in [0.2, 0.25) is 0 Å². The highest BCUT2D eigenvalue weighted by atomic mass is 32.2. The summed E-state index contributed by atoms with van der Waals surface area (Å²) >= 11 is -2.45. The van der Waals surface area contributed by atoms with Gasteiger partial charge in [-0.05, 0) is 20.8 Å². The molecule has 0 fully saturated rings. The number of terminal acetylenes is 1. The third-order valence-electron chi connectivity index (χ3n) is 1.41. The average molecular weight is 263 g/mol. The van der Waals surface area contributed by atoms with Crippen LogP contribution in [0, 0.1) is 12.3 Å². The van der Waals surface area contributed by atoms with Gasteiger partial charge < -0.3 is 9.47 Å². The van der Waals surface area contributed by atoms with Gasteiger partial charge in [-0.15, -0.1) is 6.42 Å². The molecule has 1 atom stereocenters. The Hall–Kier alpha value is -1.10. The maximum Gasteiger partial charge on any atom is 0.424 e. The Morgan fingerprint density at radius 2 is 2.12 bits per heavy atom. The van der Waals surface area contributed by atoms with Gasteiger partial charge >= 0.3 is 6.09 Å². The van der Waals surface area contributed by atoms with E-state index in [0.29, 0.717) is 4.31 Å². The van der Waals surface area contributed by atoms with Crippen LogP contribution in [0.3, 0.4) is 0 Å². The molecule has 0 aromatic heterocycles. The maximum atomic E-state index is 11.5. The van der Waals surface area contributed by atoms with Gasteiger partial charge in [-0.2, -0.15) is 0 Å². The van der Waals surface area contributed by atoms with E-state index in [-0.39, 0.29) is 19.8 Å². The van der Waals surface area contributed by atoms with Crippen molar-refractivity contribution >= 4 is 17.4 Å². The zero-order chi connectivity index (χ0) is 13.5. The Labute approximate surface area is 104 Å². The van der Waals surface area contributed by atoms with Crippen molar-refractivity contribution < 1.29 is 23.0 Å². The van der Waals surface area contributed by atoms with E-state index in [4.69, 9.17) is 20.4 Å². The van der Waals surface area contributed by atoms with Crippen molar-refractivity contribution in [2.75, 3.05) is 19.8 Å². The molecule has 17 heavy (non-hydrogen) atoms. The van der Waals surface area contributed by atoms with Crippen molar-refractivity contribution in [2.24, 2.45) is 0 Å². The van der Waals surface area contributed by atoms with Gasteiger partial charge in [0, 0.05) is 0 Å². The van der Waals surface area contributed by atoms with E-state index < -0.39 is 23.0 Å². The van der Waals surface area contributed by atoms with Crippen molar-refractivity contribution in [3.05, 3.63) is 0 Å². The zero-order valence-corrected chi connectivity index (χ0v) is 11.0. The average Bonchev–Trinajstić information content (AvgIpc) is 2.14. The molecular weight excluding hydrogens is 246 g/mol. The first-order valence-electron chi connectivity index (χ1n) is 4.90. The summed E-state index contributed by atoms with van der Waals surface area (Å²) in [5, 5.41) is 0. The van der Waals surface area contributed by atoms with E-state index in [1.165, 1.54) is 0 Å². The van der Waals surface area contributed by atoms with Crippen LogP contribution in [0.15, 0.2) is 0 Å². The summed E-state index contributed by atoms with van der Waals surface area (Å²) in [4.78, 5) is 11.5. The molecule has 0 spiro atoms. The number of amides is 1. The first-order valence-corrected chi connectivity index (χ1v) is 5.97. The van der Waals surface area contributed by atoms with Crippen LogP contribution in [-0.4, -0.2) is 44.5 Å². The van der Waals surface area contributed by atoms with E-state index in [1.54, 1.807) is 20.8 Å². The van der Waals surface area contributed by atoms with Crippen LogP contribution in [0.2, 0.25) is 0 Å². The van der Waals surface area contributed by atoms with Crippen molar-refractivity contribution in [3.63, 3.8) is 0 Å². The lowest BCUT2D eigenvalue weighted by atomic mass is 10.2. The molecule has 0 aliphatic carbocycles. The minimum atomic E-state index is -2.45. The summed E-state index contributed by atoms with van der Waals surface area (Å²) in [6.07, 6.45) is 4.09. The van der Waals surface area contributed by atoms with Gasteiger partial charge in [0.1, 0.15) is 12.2 Å². The standard InChI is InChI=1S/C10H17NO5S/c1-5-7-15-8-6-11(17(13)14)9(12)16-10(2,3)4/h1H,6-8H2,2-4H3,(H,13,14). The van der Waals surface area contributed by atoms with E-state index in [0.717, 1.165) is 0 Å². The fourth-order valence-electron chi connectivity index (χ4n) is 0.825. The van der Waals surface area contributed by atoms with Crippen molar-refractivity contribution in [1.29, 1.82) is 0 Å². The highest BCUT2D eigenvalue weighted by Crippen LogP contribution is 2.10. The van der Waals surface area contributed by atoms with Gasteiger partial charge in [0.05, 0.1) is 13.2 Å². The van der Waals surface area contributed by atoms with Crippen LogP contribution in [0.4, 0.5) is 4.79 Å². The minimum absolute atomic E-state index is 0.0652. The molecule has 1 unspecified atom stereocenters. The molecule has 0 radical (unpaired) electrons. The molecule has 0 saturated carbocycles. The Kier molecular flexibility index (Phi) is 6.80. The van der Waals surface area contributed by atoms with Crippen LogP contribution in [0.1, 0.15) is 20.8 Å². The minimum Gasteiger partial charge on any atom is -0.443 e. The summed E-state index contributed by atoms with van der Waals surface area (Å²) < 4.78 is 30.4. The Bertz CT molecular complexity index is 318. The van der Waals surface area contributed by atoms with Gasteiger partial charge in [-0.1, -0.05) is 5.92 Å². The predicted molar refractivity (Wildman–Crippen MR) is 63.4 cm³/mol. The molecule has 7 heteroatoms. The zero-order valence-electron chi connectivity index (χ0n) is 10.1. The fourth-order valence-corrected chi connectivity index (χ4v) is 1.22. The largest absolute Gasteiger partial charge is 0.443 e. The SMILES string of the molecule is C#CCOCCN(C(=O)OC(C)(C)C)S(=O)O. The van der Waals surface area contributed by atoms with Gasteiger partial charge in [0.15, 0.2) is 0 Å². The number of carbonyl (C=O) groups excluding carboxylic acids is 1. The third-order valence-corrected chi connectivity index (χ3v) is 2.12. The van der Waals surface area contributed by atoms with Crippen molar-refractivity contribution in [3.8, 4) is 12.3 Å². The number of ether oxygens (including phenoxy) is 2. The molecule has 98 valence electrons. The molecular formula is C10H17NO5S. The fraction of sp³-hybridized carbons (Fsp3) is 0.700. The molecule has 0 aromatic rings. The van der Waals surface area contributed by atoms with Crippen LogP contribution >= 0.6 is 0 Å². The molecule has 0 heterocycles. The lowest BCUT2D eigenvalue weighted by molar-refractivity contribution is 0.0349. The number of nitrogens with zero attached hydrogens (tertiary/aromatic N) is 1. The van der Waals surface area contributed by atoms with Gasteiger partial charge in [0.25, 0.3) is 11.3 Å². The van der Waals surface area contributed by atoms with Gasteiger partial charge in [-0.3, -0.25) is 4.55 Å². The Morgan fingerprint density at radius 3 is 2.53 bits per heavy atom. The molecule has 6 nitrogen and oxygen atoms in total. The lowest BCUT2D eigenvalue weighted by Gasteiger charge is -2.24. The van der Waals surface area contributed by atoms with E-state index >= 15 is 0 Å². The molecule has 1 N–H and O–H groups in total. The quantitative estimate of drug-likeness (QED) is 0.455. The second-order valence-electron chi connectivity index (χ2n) is 4.07. The normalized spacial score (nSPS) is 12.6. The van der Waals surface area contributed by atoms with Crippen LogP contribution < -0.4 is 0 Å². The molecule has 1 amide bonds. The molecule has 0 aromatic carbocycles. The van der Waals surface area contributed by atoms with E-state index in [1.807, 2.05) is 0 Å². The second-order valence-corrected chi connectivity index (χ2v) is 4.97. The first kappa shape index (κ1) is 15.9. The Morgan fingerprint density at radius 1 is 1.53 bits per heavy atom. The van der Waals surface area contributed by atoms with E-state index in [9.17, 15) is 9.00 Å². The molecule has 0 rings (SSSR count). The summed E-state index contributed by atoms with van der Waals surface area (Å²) in [6, 6.07) is 0. The predicted octanol–water partition coefficient (Wildman–Crippen LogP) is 1.01. The molecule has 0 aliphatic rings. The second kappa shape index (κ2) is 7.27. The van der Waals surface area contributed by atoms with Gasteiger partial charge in [-0.25, -0.2) is 13.3 Å². The monoisotopic (exact) mass is 263 g/mol. The summed E-state index contributed by atoms with van der Waals surface area (Å²) in [6.45, 7) is 5.07. The van der Waals surface area contributed by atoms with Crippen molar-refractivity contribution in [1.82, 2.24) is 4.31 Å². The smallest absolute Gasteiger partial charge is 0.424 e. The Balaban J connectivity index is 4.29. The topological polar surface area (TPSA) is 76.1 Å². The third kappa shape index (κ3) is 7.74. The molecule has 0 bridgehead atoms. The number of rotatable bonds is 5. The van der Waals surface area contributed by atoms with E-state index in [2.05, 4.69) is 5.92 Å². The summed E-state index contributed by atoms with van der Waals surface area (Å²) in [5.74, 6) is 2.24. The summed E-state index contributed by atoms with van der Waals surface area (Å²) in [7, 11) is 0. The van der Waals surface area contributed by atoms with Crippen molar-refractivity contribution in [2.45, 2.75) is 26.4 Å². The lowest BCUT2D eigenvalue weighted by Crippen LogP contribution is -2.39. The number of hydrogen-bond donors (Lipinski definition) is 1. The summed E-state index contributed by atoms with van der Waals surface area (Å²) in [5.41, 5.74) is -0.728. The van der Waals surface area contributed by atoms with Crippen LogP contribution in [0.5, 0.6) is 0 Å². The van der Waals surface area contributed by atoms with Crippen LogP contribution in [-0.2, 0) is 20.7 Å². The number of carbonyl (C=O) groups is 1. The highest BCUT2D eigenvalue weighted by Gasteiger charge is 2.25. The molecule has 0 aliphatic heterocycles. The first-order chi connectivity index (χ1) is 7.78. The highest BCUT2D eigenvalue weighted by molar-refractivity contribution is 7.77. The number of hydrogen-bond acceptors (Lipinski definition) is 4.